The fraction of sp³-hybridized carbons (Fsp3) is 0.571. The number of aryl methyl sites for hydroxylation is 2. The van der Waals surface area contributed by atoms with Crippen LogP contribution < -0.4 is 21.5 Å². The van der Waals surface area contributed by atoms with Crippen molar-refractivity contribution in [2.45, 2.75) is 97.4 Å². The number of halogens is 3. The van der Waals surface area contributed by atoms with Gasteiger partial charge in [-0.3, -0.25) is 0 Å². The van der Waals surface area contributed by atoms with Crippen molar-refractivity contribution in [2.24, 2.45) is 0 Å². The topological polar surface area (TPSA) is 70.6 Å². The Balaban J connectivity index is 0.00000648. The number of esters is 1. The maximum Gasteiger partial charge on any atom is 0.342 e. The first-order chi connectivity index (χ1) is 16.8. The van der Waals surface area contributed by atoms with E-state index >= 15 is 0 Å². The molecule has 0 saturated carbocycles. The fourth-order valence-electron chi connectivity index (χ4n) is 4.12. The van der Waals surface area contributed by atoms with Gasteiger partial charge in [0.1, 0.15) is 17.1 Å². The lowest BCUT2D eigenvalue weighted by Crippen LogP contribution is -3.00. The number of aromatic hydroxyl groups is 2. The van der Waals surface area contributed by atoms with Crippen LogP contribution in [0.25, 0.3) is 0 Å². The minimum Gasteiger partial charge on any atom is -1.00 e. The summed E-state index contributed by atoms with van der Waals surface area (Å²) in [7, 11) is 0. The Labute approximate surface area is 236 Å². The molecule has 0 radical (unpaired) electrons. The SMILES string of the molecule is Cc1cc[n+](CCCCCCCCCCCCCCOC(=O)c2c(C)c(Cl)c(O)c(Cl)c2O)cc1.[Br-]. The Bertz CT molecular complexity index is 909. The molecule has 0 aliphatic rings. The van der Waals surface area contributed by atoms with Crippen LogP contribution in [0, 0.1) is 13.8 Å². The van der Waals surface area contributed by atoms with E-state index in [1.165, 1.54) is 70.3 Å². The minimum absolute atomic E-state index is 0. The van der Waals surface area contributed by atoms with Crippen LogP contribution in [0.3, 0.4) is 0 Å². The normalized spacial score (nSPS) is 10.8. The lowest BCUT2D eigenvalue weighted by Gasteiger charge is -2.13. The van der Waals surface area contributed by atoms with E-state index in [1.807, 2.05) is 0 Å². The average Bonchev–Trinajstić information content (AvgIpc) is 2.85. The van der Waals surface area contributed by atoms with Crippen molar-refractivity contribution < 1.29 is 41.3 Å². The summed E-state index contributed by atoms with van der Waals surface area (Å²) in [5.74, 6) is -1.62. The molecule has 0 aliphatic carbocycles. The number of carbonyl (C=O) groups excluding carboxylic acids is 1. The van der Waals surface area contributed by atoms with Crippen molar-refractivity contribution in [1.82, 2.24) is 0 Å². The monoisotopic (exact) mass is 603 g/mol. The smallest absolute Gasteiger partial charge is 0.342 e. The molecule has 0 unspecified atom stereocenters. The summed E-state index contributed by atoms with van der Waals surface area (Å²) in [6.07, 6.45) is 18.8. The summed E-state index contributed by atoms with van der Waals surface area (Å²) in [5, 5.41) is 19.4. The second kappa shape index (κ2) is 17.9. The number of pyridine rings is 1. The highest BCUT2D eigenvalue weighted by atomic mass is 79.9. The third-order valence-corrected chi connectivity index (χ3v) is 7.19. The quantitative estimate of drug-likeness (QED) is 0.163. The summed E-state index contributed by atoms with van der Waals surface area (Å²) in [5.41, 5.74) is 1.46. The molecule has 0 atom stereocenters. The van der Waals surface area contributed by atoms with Crippen LogP contribution in [0.1, 0.15) is 98.5 Å². The zero-order valence-electron chi connectivity index (χ0n) is 21.5. The molecule has 0 amide bonds. The number of rotatable bonds is 16. The van der Waals surface area contributed by atoms with Crippen molar-refractivity contribution >= 4 is 29.2 Å². The van der Waals surface area contributed by atoms with Crippen LogP contribution in [-0.4, -0.2) is 22.8 Å². The number of ether oxygens (including phenoxy) is 1. The van der Waals surface area contributed by atoms with Crippen molar-refractivity contribution in [1.29, 1.82) is 0 Å². The van der Waals surface area contributed by atoms with E-state index in [2.05, 4.69) is 36.0 Å². The van der Waals surface area contributed by atoms with Gasteiger partial charge in [0.25, 0.3) is 0 Å². The van der Waals surface area contributed by atoms with Crippen LogP contribution in [0.5, 0.6) is 11.5 Å². The lowest BCUT2D eigenvalue weighted by molar-refractivity contribution is -0.697. The van der Waals surface area contributed by atoms with Gasteiger partial charge in [-0.1, -0.05) is 81.0 Å². The highest BCUT2D eigenvalue weighted by Crippen LogP contribution is 2.44. The first kappa shape index (κ1) is 32.5. The van der Waals surface area contributed by atoms with Crippen molar-refractivity contribution in [2.75, 3.05) is 6.61 Å². The Morgan fingerprint density at radius 2 is 1.25 bits per heavy atom. The summed E-state index contributed by atoms with van der Waals surface area (Å²) in [4.78, 5) is 12.3. The molecule has 2 rings (SSSR count). The standard InChI is InChI=1S/C28H39Cl2NO4.BrH/c1-21-15-18-31(19-16-21)17-13-11-9-7-5-3-4-6-8-10-12-14-20-35-28(34)23-22(2)24(29)27(33)25(30)26(23)32;/h15-16,18-19H,3-14,17,20H2,1-2H3,(H-,32,33,34);1H. The number of aromatic nitrogens is 1. The van der Waals surface area contributed by atoms with E-state index in [0.717, 1.165) is 25.8 Å². The molecule has 0 fully saturated rings. The molecule has 2 N–H and O–H groups in total. The largest absolute Gasteiger partial charge is 1.00 e. The first-order valence-corrected chi connectivity index (χ1v) is 13.6. The number of phenols is 2. The zero-order chi connectivity index (χ0) is 25.6. The van der Waals surface area contributed by atoms with Gasteiger partial charge < -0.3 is 31.9 Å². The molecule has 0 aliphatic heterocycles. The number of carbonyl (C=O) groups is 1. The molecule has 1 aromatic carbocycles. The Kier molecular flexibility index (Phi) is 16.1. The van der Waals surface area contributed by atoms with Crippen LogP contribution in [0.4, 0.5) is 0 Å². The number of hydrogen-bond donors (Lipinski definition) is 2. The molecule has 202 valence electrons. The molecule has 1 aromatic heterocycles. The second-order valence-corrected chi connectivity index (χ2v) is 10.1. The van der Waals surface area contributed by atoms with E-state index in [-0.39, 0.29) is 44.8 Å². The molecule has 0 spiro atoms. The van der Waals surface area contributed by atoms with Gasteiger partial charge in [-0.2, -0.15) is 0 Å². The van der Waals surface area contributed by atoms with Gasteiger partial charge in [-0.15, -0.1) is 0 Å². The summed E-state index contributed by atoms with van der Waals surface area (Å²) in [6, 6.07) is 4.32. The van der Waals surface area contributed by atoms with E-state index < -0.39 is 17.5 Å². The van der Waals surface area contributed by atoms with Gasteiger partial charge in [0.2, 0.25) is 0 Å². The molecule has 36 heavy (non-hydrogen) atoms. The molecule has 0 saturated heterocycles. The predicted octanol–water partition coefficient (Wildman–Crippen LogP) is 4.85. The zero-order valence-corrected chi connectivity index (χ0v) is 24.6. The maximum absolute atomic E-state index is 12.3. The molecule has 8 heteroatoms. The number of unbranched alkanes of at least 4 members (excludes halogenated alkanes) is 11. The molecule has 1 heterocycles. The third-order valence-electron chi connectivity index (χ3n) is 6.37. The molecule has 0 bridgehead atoms. The molecule has 5 nitrogen and oxygen atoms in total. The van der Waals surface area contributed by atoms with Crippen molar-refractivity contribution in [3.63, 3.8) is 0 Å². The van der Waals surface area contributed by atoms with Gasteiger partial charge in [0.15, 0.2) is 23.9 Å². The predicted molar refractivity (Wildman–Crippen MR) is 142 cm³/mol. The number of phenolic OH excluding ortho intramolecular Hbond substituents is 2. The van der Waals surface area contributed by atoms with Crippen LogP contribution in [-0.2, 0) is 11.3 Å². The highest BCUT2D eigenvalue weighted by Gasteiger charge is 2.24. The number of hydrogen-bond acceptors (Lipinski definition) is 4. The number of benzene rings is 1. The molecular formula is C28H40BrCl2NO4. The Morgan fingerprint density at radius 3 is 1.78 bits per heavy atom. The second-order valence-electron chi connectivity index (χ2n) is 9.32. The molecular weight excluding hydrogens is 565 g/mol. The first-order valence-electron chi connectivity index (χ1n) is 12.8. The third kappa shape index (κ3) is 10.9. The fourth-order valence-corrected chi connectivity index (χ4v) is 4.54. The summed E-state index contributed by atoms with van der Waals surface area (Å²) in [6.45, 7) is 5.03. The Hall–Kier alpha value is -1.50. The van der Waals surface area contributed by atoms with E-state index in [0.29, 0.717) is 0 Å². The van der Waals surface area contributed by atoms with Crippen LogP contribution in [0.15, 0.2) is 24.5 Å². The van der Waals surface area contributed by atoms with Gasteiger partial charge in [0.05, 0.1) is 11.6 Å². The van der Waals surface area contributed by atoms with Gasteiger partial charge in [-0.25, -0.2) is 9.36 Å². The Morgan fingerprint density at radius 1 is 0.778 bits per heavy atom. The van der Waals surface area contributed by atoms with Crippen LogP contribution >= 0.6 is 23.2 Å². The van der Waals surface area contributed by atoms with E-state index in [4.69, 9.17) is 27.9 Å². The summed E-state index contributed by atoms with van der Waals surface area (Å²) >= 11 is 11.8. The van der Waals surface area contributed by atoms with Crippen molar-refractivity contribution in [3.05, 3.63) is 51.3 Å². The highest BCUT2D eigenvalue weighted by molar-refractivity contribution is 6.39. The average molecular weight is 605 g/mol. The molecule has 2 aromatic rings. The van der Waals surface area contributed by atoms with Gasteiger partial charge in [0, 0.05) is 18.6 Å². The van der Waals surface area contributed by atoms with Gasteiger partial charge in [-0.05, 0) is 37.8 Å². The summed E-state index contributed by atoms with van der Waals surface area (Å²) < 4.78 is 7.54. The maximum atomic E-state index is 12.3. The van der Waals surface area contributed by atoms with E-state index in [9.17, 15) is 15.0 Å². The van der Waals surface area contributed by atoms with Gasteiger partial charge >= 0.3 is 5.97 Å². The van der Waals surface area contributed by atoms with Crippen molar-refractivity contribution in [3.8, 4) is 11.5 Å². The number of nitrogens with zero attached hydrogens (tertiary/aromatic N) is 1. The van der Waals surface area contributed by atoms with Crippen LogP contribution in [0.2, 0.25) is 10.0 Å². The lowest BCUT2D eigenvalue weighted by atomic mass is 10.1. The minimum atomic E-state index is -0.683. The van der Waals surface area contributed by atoms with E-state index in [1.54, 1.807) is 0 Å².